The smallest absolute Gasteiger partial charge is 0.310 e. The summed E-state index contributed by atoms with van der Waals surface area (Å²) in [7, 11) is 0. The zero-order valence-corrected chi connectivity index (χ0v) is 19.5. The van der Waals surface area contributed by atoms with Crippen molar-refractivity contribution in [1.82, 2.24) is 4.90 Å². The predicted molar refractivity (Wildman–Crippen MR) is 125 cm³/mol. The van der Waals surface area contributed by atoms with Gasteiger partial charge >= 0.3 is 5.97 Å². The van der Waals surface area contributed by atoms with Gasteiger partial charge in [0.1, 0.15) is 6.10 Å². The number of allylic oxidation sites excluding steroid dienone is 1. The standard InChI is InChI=1S/C27H38N2O2/c1-18-7-8-24(20(3)14-18)29-12-10-28(11-13-29)17-22-21-15-23-19(2)6-5-9-27(23,4)16-25(21)31-26(22)30/h7-8,14,21-23,25H,2,5-6,9-13,15-17H2,1,3-4H3/t21-,22?,23+,25-,27-/m1/s1. The normalized spacial score (nSPS) is 36.2. The summed E-state index contributed by atoms with van der Waals surface area (Å²) < 4.78 is 5.98. The number of carbonyl (C=O) groups excluding carboxylic acids is 1. The number of esters is 1. The average molecular weight is 423 g/mol. The first-order valence-corrected chi connectivity index (χ1v) is 12.3. The SMILES string of the molecule is C=C1CCC[C@]2(C)C[C@H]3OC(=O)C(CN4CCN(c5ccc(C)cc5C)CC4)[C@H]3C[C@@H]12. The summed E-state index contributed by atoms with van der Waals surface area (Å²) in [5, 5.41) is 0. The second-order valence-corrected chi connectivity index (χ2v) is 11.0. The second-order valence-electron chi connectivity index (χ2n) is 11.0. The quantitative estimate of drug-likeness (QED) is 0.520. The number of hydrogen-bond donors (Lipinski definition) is 0. The van der Waals surface area contributed by atoms with Gasteiger partial charge in [-0.15, -0.1) is 0 Å². The lowest BCUT2D eigenvalue weighted by atomic mass is 9.55. The maximum Gasteiger partial charge on any atom is 0.310 e. The van der Waals surface area contributed by atoms with Crippen molar-refractivity contribution < 1.29 is 9.53 Å². The molecule has 1 unspecified atom stereocenters. The lowest BCUT2D eigenvalue weighted by molar-refractivity contribution is -0.146. The molecule has 1 aromatic carbocycles. The van der Waals surface area contributed by atoms with E-state index in [1.54, 1.807) is 0 Å². The van der Waals surface area contributed by atoms with Crippen molar-refractivity contribution in [3.05, 3.63) is 41.5 Å². The van der Waals surface area contributed by atoms with Crippen LogP contribution in [0.25, 0.3) is 0 Å². The topological polar surface area (TPSA) is 32.8 Å². The maximum absolute atomic E-state index is 12.9. The van der Waals surface area contributed by atoms with Gasteiger partial charge in [-0.05, 0) is 68.9 Å². The largest absolute Gasteiger partial charge is 0.462 e. The summed E-state index contributed by atoms with van der Waals surface area (Å²) in [6, 6.07) is 6.74. The Morgan fingerprint density at radius 2 is 1.97 bits per heavy atom. The fourth-order valence-corrected chi connectivity index (χ4v) is 7.07. The first-order chi connectivity index (χ1) is 14.8. The molecular weight excluding hydrogens is 384 g/mol. The number of ether oxygens (including phenoxy) is 1. The van der Waals surface area contributed by atoms with Gasteiger partial charge in [0.05, 0.1) is 5.92 Å². The Morgan fingerprint density at radius 1 is 1.19 bits per heavy atom. The summed E-state index contributed by atoms with van der Waals surface area (Å²) in [6.07, 6.45) is 5.91. The van der Waals surface area contributed by atoms with Crippen LogP contribution in [0.5, 0.6) is 0 Å². The Labute approximate surface area is 187 Å². The van der Waals surface area contributed by atoms with E-state index >= 15 is 0 Å². The van der Waals surface area contributed by atoms with Crippen molar-refractivity contribution in [3.63, 3.8) is 0 Å². The molecule has 0 radical (unpaired) electrons. The third kappa shape index (κ3) is 3.82. The highest BCUT2D eigenvalue weighted by molar-refractivity contribution is 5.75. The number of piperazine rings is 1. The Bertz CT molecular complexity index is 872. The molecule has 2 heterocycles. The molecule has 0 N–H and O–H groups in total. The fourth-order valence-electron chi connectivity index (χ4n) is 7.07. The van der Waals surface area contributed by atoms with Crippen LogP contribution in [-0.2, 0) is 9.53 Å². The van der Waals surface area contributed by atoms with Crippen LogP contribution in [0.1, 0.15) is 50.2 Å². The maximum atomic E-state index is 12.9. The minimum atomic E-state index is 0.0388. The molecule has 4 nitrogen and oxygen atoms in total. The highest BCUT2D eigenvalue weighted by atomic mass is 16.6. The van der Waals surface area contributed by atoms with E-state index in [2.05, 4.69) is 55.3 Å². The summed E-state index contributed by atoms with van der Waals surface area (Å²) in [4.78, 5) is 17.9. The number of aryl methyl sites for hydroxylation is 2. The molecule has 0 spiro atoms. The molecule has 2 saturated heterocycles. The van der Waals surface area contributed by atoms with Crippen LogP contribution in [0.15, 0.2) is 30.4 Å². The number of carbonyl (C=O) groups is 1. The molecule has 5 atom stereocenters. The van der Waals surface area contributed by atoms with Gasteiger partial charge in [0.2, 0.25) is 0 Å². The van der Waals surface area contributed by atoms with Crippen LogP contribution in [-0.4, -0.2) is 49.7 Å². The van der Waals surface area contributed by atoms with Gasteiger partial charge in [0.25, 0.3) is 0 Å². The van der Waals surface area contributed by atoms with Gasteiger partial charge in [0, 0.05) is 44.3 Å². The molecule has 2 aliphatic carbocycles. The van der Waals surface area contributed by atoms with Crippen LogP contribution in [0.4, 0.5) is 5.69 Å². The van der Waals surface area contributed by atoms with Crippen LogP contribution < -0.4 is 4.90 Å². The van der Waals surface area contributed by atoms with E-state index < -0.39 is 0 Å². The summed E-state index contributed by atoms with van der Waals surface area (Å²) in [6.45, 7) is 16.1. The summed E-state index contributed by atoms with van der Waals surface area (Å²) in [5.41, 5.74) is 5.73. The first-order valence-electron chi connectivity index (χ1n) is 12.3. The Kier molecular flexibility index (Phi) is 5.40. The molecular formula is C27H38N2O2. The van der Waals surface area contributed by atoms with Crippen LogP contribution >= 0.6 is 0 Å². The molecule has 4 heteroatoms. The zero-order chi connectivity index (χ0) is 21.8. The number of nitrogens with zero attached hydrogens (tertiary/aromatic N) is 2. The van der Waals surface area contributed by atoms with Crippen LogP contribution in [0.3, 0.4) is 0 Å². The monoisotopic (exact) mass is 422 g/mol. The average Bonchev–Trinajstić information content (AvgIpc) is 3.01. The van der Waals surface area contributed by atoms with Gasteiger partial charge in [-0.25, -0.2) is 0 Å². The van der Waals surface area contributed by atoms with E-state index in [9.17, 15) is 4.79 Å². The number of benzene rings is 1. The lowest BCUT2D eigenvalue weighted by Gasteiger charge is -2.50. The summed E-state index contributed by atoms with van der Waals surface area (Å²) in [5.74, 6) is 1.04. The highest BCUT2D eigenvalue weighted by Gasteiger charge is 2.55. The van der Waals surface area contributed by atoms with Gasteiger partial charge in [-0.2, -0.15) is 0 Å². The number of anilines is 1. The molecule has 4 fully saturated rings. The number of fused-ring (bicyclic) bond motifs is 2. The highest BCUT2D eigenvalue weighted by Crippen LogP contribution is 2.56. The third-order valence-corrected chi connectivity index (χ3v) is 8.84. The lowest BCUT2D eigenvalue weighted by Crippen LogP contribution is -2.50. The van der Waals surface area contributed by atoms with E-state index in [1.165, 1.54) is 35.2 Å². The van der Waals surface area contributed by atoms with Crippen molar-refractivity contribution in [2.75, 3.05) is 37.6 Å². The van der Waals surface area contributed by atoms with Crippen molar-refractivity contribution in [2.24, 2.45) is 23.2 Å². The van der Waals surface area contributed by atoms with Gasteiger partial charge in [0.15, 0.2) is 0 Å². The second kappa shape index (κ2) is 7.95. The molecule has 5 rings (SSSR count). The Hall–Kier alpha value is -1.81. The number of rotatable bonds is 3. The molecule has 2 saturated carbocycles. The van der Waals surface area contributed by atoms with Gasteiger partial charge in [-0.3, -0.25) is 9.69 Å². The molecule has 31 heavy (non-hydrogen) atoms. The van der Waals surface area contributed by atoms with E-state index in [4.69, 9.17) is 4.74 Å². The third-order valence-electron chi connectivity index (χ3n) is 8.84. The summed E-state index contributed by atoms with van der Waals surface area (Å²) >= 11 is 0. The molecule has 2 aliphatic heterocycles. The minimum absolute atomic E-state index is 0.0388. The van der Waals surface area contributed by atoms with Crippen molar-refractivity contribution in [1.29, 1.82) is 0 Å². The van der Waals surface area contributed by atoms with Gasteiger partial charge in [-0.1, -0.05) is 36.8 Å². The van der Waals surface area contributed by atoms with Crippen molar-refractivity contribution >= 4 is 11.7 Å². The molecule has 4 aliphatic rings. The molecule has 0 bridgehead atoms. The van der Waals surface area contributed by atoms with E-state index in [0.29, 0.717) is 11.8 Å². The van der Waals surface area contributed by atoms with Crippen molar-refractivity contribution in [3.8, 4) is 0 Å². The molecule has 0 aromatic heterocycles. The minimum Gasteiger partial charge on any atom is -0.462 e. The Balaban J connectivity index is 1.23. The van der Waals surface area contributed by atoms with Crippen LogP contribution in [0.2, 0.25) is 0 Å². The predicted octanol–water partition coefficient (Wildman–Crippen LogP) is 4.74. The van der Waals surface area contributed by atoms with E-state index in [0.717, 1.165) is 52.0 Å². The van der Waals surface area contributed by atoms with E-state index in [-0.39, 0.29) is 23.4 Å². The molecule has 1 aromatic rings. The fraction of sp³-hybridized carbons (Fsp3) is 0.667. The van der Waals surface area contributed by atoms with Crippen LogP contribution in [0, 0.1) is 37.0 Å². The zero-order valence-electron chi connectivity index (χ0n) is 19.5. The van der Waals surface area contributed by atoms with Gasteiger partial charge < -0.3 is 9.64 Å². The molecule has 168 valence electrons. The number of hydrogen-bond acceptors (Lipinski definition) is 4. The van der Waals surface area contributed by atoms with Crippen molar-refractivity contribution in [2.45, 2.75) is 59.0 Å². The Morgan fingerprint density at radius 3 is 2.71 bits per heavy atom. The van der Waals surface area contributed by atoms with E-state index in [1.807, 2.05) is 0 Å². The molecule has 0 amide bonds. The first kappa shape index (κ1) is 21.1.